The molecular formula is C11H19NO. The first kappa shape index (κ1) is 11.9. The van der Waals surface area contributed by atoms with Crippen molar-refractivity contribution in [3.05, 3.63) is 25.3 Å². The van der Waals surface area contributed by atoms with Crippen molar-refractivity contribution in [2.75, 3.05) is 0 Å². The van der Waals surface area contributed by atoms with E-state index in [1.807, 2.05) is 13.8 Å². The van der Waals surface area contributed by atoms with Crippen molar-refractivity contribution in [2.24, 2.45) is 0 Å². The van der Waals surface area contributed by atoms with Gasteiger partial charge in [-0.15, -0.1) is 13.2 Å². The highest BCUT2D eigenvalue weighted by Crippen LogP contribution is 2.11. The minimum atomic E-state index is 0.125. The minimum Gasteiger partial charge on any atom is -0.332 e. The second-order valence-electron chi connectivity index (χ2n) is 2.98. The van der Waals surface area contributed by atoms with Crippen LogP contribution in [0.3, 0.4) is 0 Å². The lowest BCUT2D eigenvalue weighted by Crippen LogP contribution is -2.39. The molecule has 74 valence electrons. The van der Waals surface area contributed by atoms with Gasteiger partial charge in [-0.3, -0.25) is 4.79 Å². The standard InChI is InChI=1S/C11H19NO/c1-5-10(6-2)12(9-13)11(7-3)8-4/h5,7,9-11H,1,3,6,8H2,2,4H3. The lowest BCUT2D eigenvalue weighted by atomic mass is 10.1. The van der Waals surface area contributed by atoms with Gasteiger partial charge in [0.1, 0.15) is 0 Å². The van der Waals surface area contributed by atoms with Gasteiger partial charge in [0, 0.05) is 12.1 Å². The summed E-state index contributed by atoms with van der Waals surface area (Å²) in [5, 5.41) is 0. The summed E-state index contributed by atoms with van der Waals surface area (Å²) in [6, 6.07) is 0.251. The number of carbonyl (C=O) groups excluding carboxylic acids is 1. The zero-order chi connectivity index (χ0) is 10.3. The van der Waals surface area contributed by atoms with Gasteiger partial charge in [0.2, 0.25) is 6.41 Å². The van der Waals surface area contributed by atoms with E-state index in [4.69, 9.17) is 0 Å². The molecule has 0 heterocycles. The predicted molar refractivity (Wildman–Crippen MR) is 56.5 cm³/mol. The van der Waals surface area contributed by atoms with E-state index in [0.717, 1.165) is 19.3 Å². The van der Waals surface area contributed by atoms with Crippen LogP contribution in [0.2, 0.25) is 0 Å². The van der Waals surface area contributed by atoms with E-state index in [1.165, 1.54) is 0 Å². The maximum atomic E-state index is 10.9. The van der Waals surface area contributed by atoms with Crippen LogP contribution in [-0.2, 0) is 4.79 Å². The summed E-state index contributed by atoms with van der Waals surface area (Å²) >= 11 is 0. The van der Waals surface area contributed by atoms with Crippen LogP contribution in [0.25, 0.3) is 0 Å². The molecule has 13 heavy (non-hydrogen) atoms. The molecule has 0 saturated heterocycles. The molecule has 2 unspecified atom stereocenters. The summed E-state index contributed by atoms with van der Waals surface area (Å²) < 4.78 is 0. The highest BCUT2D eigenvalue weighted by molar-refractivity contribution is 5.49. The molecule has 0 aliphatic heterocycles. The predicted octanol–water partition coefficient (Wildman–Crippen LogP) is 2.37. The molecule has 0 spiro atoms. The second-order valence-corrected chi connectivity index (χ2v) is 2.98. The van der Waals surface area contributed by atoms with Crippen molar-refractivity contribution in [2.45, 2.75) is 38.8 Å². The maximum absolute atomic E-state index is 10.9. The van der Waals surface area contributed by atoms with Gasteiger partial charge in [-0.2, -0.15) is 0 Å². The lowest BCUT2D eigenvalue weighted by molar-refractivity contribution is -0.120. The van der Waals surface area contributed by atoms with Crippen molar-refractivity contribution in [1.82, 2.24) is 4.90 Å². The maximum Gasteiger partial charge on any atom is 0.210 e. The Balaban J connectivity index is 4.52. The van der Waals surface area contributed by atoms with E-state index < -0.39 is 0 Å². The first-order chi connectivity index (χ1) is 6.24. The highest BCUT2D eigenvalue weighted by Gasteiger charge is 2.17. The average molecular weight is 181 g/mol. The van der Waals surface area contributed by atoms with Crippen molar-refractivity contribution < 1.29 is 4.79 Å². The van der Waals surface area contributed by atoms with Gasteiger partial charge in [0.05, 0.1) is 0 Å². The molecule has 0 rings (SSSR count). The smallest absolute Gasteiger partial charge is 0.210 e. The van der Waals surface area contributed by atoms with Crippen LogP contribution in [-0.4, -0.2) is 23.4 Å². The SMILES string of the molecule is C=CC(CC)N(C=O)C(C=C)CC. The van der Waals surface area contributed by atoms with Gasteiger partial charge in [-0.05, 0) is 12.8 Å². The Morgan fingerprint density at radius 3 is 1.69 bits per heavy atom. The molecule has 2 heteroatoms. The fourth-order valence-electron chi connectivity index (χ4n) is 1.40. The molecule has 0 saturated carbocycles. The Morgan fingerprint density at radius 1 is 1.15 bits per heavy atom. The van der Waals surface area contributed by atoms with Crippen LogP contribution < -0.4 is 0 Å². The molecular weight excluding hydrogens is 162 g/mol. The normalized spacial score (nSPS) is 14.3. The molecule has 1 amide bonds. The third-order valence-electron chi connectivity index (χ3n) is 2.27. The van der Waals surface area contributed by atoms with E-state index in [1.54, 1.807) is 17.1 Å². The summed E-state index contributed by atoms with van der Waals surface area (Å²) in [6.07, 6.45) is 6.28. The second kappa shape index (κ2) is 6.46. The van der Waals surface area contributed by atoms with Gasteiger partial charge in [-0.25, -0.2) is 0 Å². The highest BCUT2D eigenvalue weighted by atomic mass is 16.1. The van der Waals surface area contributed by atoms with Crippen LogP contribution in [0.15, 0.2) is 25.3 Å². The summed E-state index contributed by atoms with van der Waals surface area (Å²) in [5.74, 6) is 0. The third kappa shape index (κ3) is 3.05. The summed E-state index contributed by atoms with van der Waals surface area (Å²) in [7, 11) is 0. The average Bonchev–Trinajstić information content (AvgIpc) is 2.18. The van der Waals surface area contributed by atoms with Gasteiger partial charge >= 0.3 is 0 Å². The molecule has 2 nitrogen and oxygen atoms in total. The summed E-state index contributed by atoms with van der Waals surface area (Å²) in [6.45, 7) is 11.5. The van der Waals surface area contributed by atoms with E-state index in [2.05, 4.69) is 13.2 Å². The number of hydrogen-bond donors (Lipinski definition) is 0. The van der Waals surface area contributed by atoms with Crippen LogP contribution in [0, 0.1) is 0 Å². The van der Waals surface area contributed by atoms with Crippen LogP contribution in [0.4, 0.5) is 0 Å². The van der Waals surface area contributed by atoms with E-state index >= 15 is 0 Å². The fourth-order valence-corrected chi connectivity index (χ4v) is 1.40. The lowest BCUT2D eigenvalue weighted by Gasteiger charge is -2.30. The monoisotopic (exact) mass is 181 g/mol. The number of amides is 1. The fraction of sp³-hybridized carbons (Fsp3) is 0.545. The number of rotatable bonds is 7. The molecule has 0 aromatic heterocycles. The number of hydrogen-bond acceptors (Lipinski definition) is 1. The van der Waals surface area contributed by atoms with Gasteiger partial charge in [0.15, 0.2) is 0 Å². The molecule has 0 aliphatic carbocycles. The molecule has 0 N–H and O–H groups in total. The van der Waals surface area contributed by atoms with E-state index in [9.17, 15) is 4.79 Å². The van der Waals surface area contributed by atoms with Crippen molar-refractivity contribution in [1.29, 1.82) is 0 Å². The third-order valence-corrected chi connectivity index (χ3v) is 2.27. The van der Waals surface area contributed by atoms with Gasteiger partial charge < -0.3 is 4.90 Å². The van der Waals surface area contributed by atoms with Crippen molar-refractivity contribution >= 4 is 6.41 Å². The van der Waals surface area contributed by atoms with E-state index in [0.29, 0.717) is 0 Å². The molecule has 0 bridgehead atoms. The summed E-state index contributed by atoms with van der Waals surface area (Å²) in [4.78, 5) is 12.6. The van der Waals surface area contributed by atoms with Gasteiger partial charge in [0.25, 0.3) is 0 Å². The van der Waals surface area contributed by atoms with Gasteiger partial charge in [-0.1, -0.05) is 26.0 Å². The molecule has 0 aromatic carbocycles. The largest absolute Gasteiger partial charge is 0.332 e. The Labute approximate surface area is 80.9 Å². The molecule has 0 aromatic rings. The van der Waals surface area contributed by atoms with Crippen molar-refractivity contribution in [3.8, 4) is 0 Å². The number of nitrogens with zero attached hydrogens (tertiary/aromatic N) is 1. The quantitative estimate of drug-likeness (QED) is 0.436. The zero-order valence-corrected chi connectivity index (χ0v) is 8.57. The Bertz CT molecular complexity index is 161. The zero-order valence-electron chi connectivity index (χ0n) is 8.57. The Kier molecular flexibility index (Phi) is 5.94. The molecule has 0 radical (unpaired) electrons. The van der Waals surface area contributed by atoms with Crippen LogP contribution in [0.5, 0.6) is 0 Å². The van der Waals surface area contributed by atoms with Crippen molar-refractivity contribution in [3.63, 3.8) is 0 Å². The van der Waals surface area contributed by atoms with Crippen LogP contribution in [0.1, 0.15) is 26.7 Å². The molecule has 0 aliphatic rings. The summed E-state index contributed by atoms with van der Waals surface area (Å²) in [5.41, 5.74) is 0. The van der Waals surface area contributed by atoms with Crippen LogP contribution >= 0.6 is 0 Å². The Morgan fingerprint density at radius 2 is 1.54 bits per heavy atom. The Hall–Kier alpha value is -1.05. The first-order valence-corrected chi connectivity index (χ1v) is 4.72. The first-order valence-electron chi connectivity index (χ1n) is 4.72. The molecule has 2 atom stereocenters. The van der Waals surface area contributed by atoms with E-state index in [-0.39, 0.29) is 12.1 Å². The topological polar surface area (TPSA) is 20.3 Å². The molecule has 0 fully saturated rings. The number of carbonyl (C=O) groups is 1. The minimum absolute atomic E-state index is 0.125.